The third-order valence-corrected chi connectivity index (χ3v) is 4.52. The molecule has 2 saturated heterocycles. The van der Waals surface area contributed by atoms with E-state index in [1.54, 1.807) is 6.20 Å². The van der Waals surface area contributed by atoms with E-state index in [1.807, 2.05) is 19.1 Å². The molecule has 1 aromatic heterocycles. The summed E-state index contributed by atoms with van der Waals surface area (Å²) >= 11 is 0. The first-order chi connectivity index (χ1) is 10.6. The SMILES string of the molecule is CC1CC(O)C(O)C(Oc2ncccc2C2CCCN2C)O1. The maximum Gasteiger partial charge on any atom is 0.230 e. The van der Waals surface area contributed by atoms with E-state index in [9.17, 15) is 10.2 Å². The highest BCUT2D eigenvalue weighted by Crippen LogP contribution is 2.35. The van der Waals surface area contributed by atoms with Crippen LogP contribution in [0.25, 0.3) is 0 Å². The number of rotatable bonds is 3. The first kappa shape index (κ1) is 15.7. The topological polar surface area (TPSA) is 75.0 Å². The molecular weight excluding hydrogens is 284 g/mol. The van der Waals surface area contributed by atoms with Crippen LogP contribution in [0, 0.1) is 0 Å². The van der Waals surface area contributed by atoms with Gasteiger partial charge in [-0.2, -0.15) is 0 Å². The van der Waals surface area contributed by atoms with Crippen LogP contribution in [0.15, 0.2) is 18.3 Å². The van der Waals surface area contributed by atoms with Crippen LogP contribution in [-0.4, -0.2) is 58.3 Å². The highest BCUT2D eigenvalue weighted by Gasteiger charge is 2.37. The van der Waals surface area contributed by atoms with Gasteiger partial charge in [0, 0.05) is 24.2 Å². The Morgan fingerprint density at radius 2 is 2.23 bits per heavy atom. The molecule has 0 spiro atoms. The Hall–Kier alpha value is -1.21. The maximum atomic E-state index is 10.1. The second kappa shape index (κ2) is 6.50. The van der Waals surface area contributed by atoms with Gasteiger partial charge >= 0.3 is 0 Å². The predicted octanol–water partition coefficient (Wildman–Crippen LogP) is 1.08. The Labute approximate surface area is 130 Å². The highest BCUT2D eigenvalue weighted by molar-refractivity contribution is 5.30. The molecule has 0 aromatic carbocycles. The van der Waals surface area contributed by atoms with Crippen molar-refractivity contribution in [2.24, 2.45) is 0 Å². The van der Waals surface area contributed by atoms with Crippen LogP contribution in [0.1, 0.15) is 37.8 Å². The molecule has 2 fully saturated rings. The molecule has 22 heavy (non-hydrogen) atoms. The first-order valence-corrected chi connectivity index (χ1v) is 7.89. The number of aromatic nitrogens is 1. The van der Waals surface area contributed by atoms with E-state index in [-0.39, 0.29) is 12.1 Å². The molecular formula is C16H24N2O4. The third kappa shape index (κ3) is 3.10. The number of aliphatic hydroxyl groups is 2. The van der Waals surface area contributed by atoms with Crippen molar-refractivity contribution >= 4 is 0 Å². The van der Waals surface area contributed by atoms with Crippen LogP contribution in [0.5, 0.6) is 5.88 Å². The Morgan fingerprint density at radius 3 is 2.95 bits per heavy atom. The molecule has 122 valence electrons. The summed E-state index contributed by atoms with van der Waals surface area (Å²) in [6.07, 6.45) is 1.33. The summed E-state index contributed by atoms with van der Waals surface area (Å²) in [6.45, 7) is 2.91. The number of hydrogen-bond acceptors (Lipinski definition) is 6. The number of pyridine rings is 1. The molecule has 1 aromatic rings. The monoisotopic (exact) mass is 308 g/mol. The second-order valence-electron chi connectivity index (χ2n) is 6.26. The largest absolute Gasteiger partial charge is 0.445 e. The molecule has 5 unspecified atom stereocenters. The molecule has 2 aliphatic heterocycles. The van der Waals surface area contributed by atoms with Crippen molar-refractivity contribution in [3.63, 3.8) is 0 Å². The van der Waals surface area contributed by atoms with Gasteiger partial charge in [0.15, 0.2) is 0 Å². The summed E-state index contributed by atoms with van der Waals surface area (Å²) in [5, 5.41) is 20.0. The fourth-order valence-corrected chi connectivity index (χ4v) is 3.29. The number of hydrogen-bond donors (Lipinski definition) is 2. The van der Waals surface area contributed by atoms with E-state index in [1.165, 1.54) is 0 Å². The first-order valence-electron chi connectivity index (χ1n) is 7.89. The van der Waals surface area contributed by atoms with E-state index < -0.39 is 18.5 Å². The minimum atomic E-state index is -1.06. The van der Waals surface area contributed by atoms with Crippen molar-refractivity contribution in [1.82, 2.24) is 9.88 Å². The van der Waals surface area contributed by atoms with E-state index in [0.29, 0.717) is 12.3 Å². The lowest BCUT2D eigenvalue weighted by molar-refractivity contribution is -0.232. The summed E-state index contributed by atoms with van der Waals surface area (Å²) in [4.78, 5) is 6.59. The van der Waals surface area contributed by atoms with Crippen LogP contribution >= 0.6 is 0 Å². The van der Waals surface area contributed by atoms with Crippen molar-refractivity contribution < 1.29 is 19.7 Å². The third-order valence-electron chi connectivity index (χ3n) is 4.52. The molecule has 3 rings (SSSR count). The van der Waals surface area contributed by atoms with Gasteiger partial charge in [-0.3, -0.25) is 4.90 Å². The van der Waals surface area contributed by atoms with Gasteiger partial charge in [-0.25, -0.2) is 4.98 Å². The van der Waals surface area contributed by atoms with Gasteiger partial charge in [-0.1, -0.05) is 6.07 Å². The summed E-state index contributed by atoms with van der Waals surface area (Å²) < 4.78 is 11.5. The van der Waals surface area contributed by atoms with Crippen LogP contribution in [0.2, 0.25) is 0 Å². The molecule has 0 bridgehead atoms. The van der Waals surface area contributed by atoms with E-state index in [2.05, 4.69) is 16.9 Å². The van der Waals surface area contributed by atoms with E-state index >= 15 is 0 Å². The molecule has 0 radical (unpaired) electrons. The molecule has 6 nitrogen and oxygen atoms in total. The summed E-state index contributed by atoms with van der Waals surface area (Å²) in [6, 6.07) is 4.17. The lowest BCUT2D eigenvalue weighted by Crippen LogP contribution is -2.50. The lowest BCUT2D eigenvalue weighted by atomic mass is 10.0. The van der Waals surface area contributed by atoms with Gasteiger partial charge in [0.25, 0.3) is 0 Å². The lowest BCUT2D eigenvalue weighted by Gasteiger charge is -2.35. The minimum absolute atomic E-state index is 0.162. The van der Waals surface area contributed by atoms with Crippen molar-refractivity contribution in [1.29, 1.82) is 0 Å². The van der Waals surface area contributed by atoms with Gasteiger partial charge in [0.05, 0.1) is 12.2 Å². The summed E-state index contributed by atoms with van der Waals surface area (Å²) in [5.74, 6) is 0.478. The zero-order valence-corrected chi connectivity index (χ0v) is 13.1. The van der Waals surface area contributed by atoms with Crippen LogP contribution in [-0.2, 0) is 4.74 Å². The Bertz CT molecular complexity index is 513. The molecule has 2 aliphatic rings. The fraction of sp³-hybridized carbons (Fsp3) is 0.688. The average Bonchev–Trinajstić information content (AvgIpc) is 2.91. The maximum absolute atomic E-state index is 10.1. The number of nitrogens with zero attached hydrogens (tertiary/aromatic N) is 2. The highest BCUT2D eigenvalue weighted by atomic mass is 16.7. The number of ether oxygens (including phenoxy) is 2. The Kier molecular flexibility index (Phi) is 4.63. The van der Waals surface area contributed by atoms with Crippen molar-refractivity contribution in [3.8, 4) is 5.88 Å². The van der Waals surface area contributed by atoms with E-state index in [4.69, 9.17) is 9.47 Å². The van der Waals surface area contributed by atoms with Gasteiger partial charge in [0.2, 0.25) is 12.2 Å². The zero-order chi connectivity index (χ0) is 15.7. The van der Waals surface area contributed by atoms with Gasteiger partial charge in [-0.05, 0) is 39.4 Å². The molecule has 0 amide bonds. The zero-order valence-electron chi connectivity index (χ0n) is 13.1. The number of likely N-dealkylation sites (tertiary alicyclic amines) is 1. The standard InChI is InChI=1S/C16H24N2O4/c1-10-9-13(19)14(20)16(21-10)22-15-11(5-3-7-17-15)12-6-4-8-18(12)2/h3,5,7,10,12-14,16,19-20H,4,6,8-9H2,1-2H3. The predicted molar refractivity (Wildman–Crippen MR) is 80.4 cm³/mol. The Morgan fingerprint density at radius 1 is 1.41 bits per heavy atom. The van der Waals surface area contributed by atoms with Gasteiger partial charge in [-0.15, -0.1) is 0 Å². The smallest absolute Gasteiger partial charge is 0.230 e. The molecule has 3 heterocycles. The van der Waals surface area contributed by atoms with E-state index in [0.717, 1.165) is 24.9 Å². The second-order valence-corrected chi connectivity index (χ2v) is 6.26. The molecule has 5 atom stereocenters. The molecule has 0 saturated carbocycles. The van der Waals surface area contributed by atoms with Crippen LogP contribution < -0.4 is 4.74 Å². The normalized spacial score (nSPS) is 36.5. The van der Waals surface area contributed by atoms with Crippen molar-refractivity contribution in [2.45, 2.75) is 56.8 Å². The Balaban J connectivity index is 1.80. The molecule has 2 N–H and O–H groups in total. The minimum Gasteiger partial charge on any atom is -0.445 e. The summed E-state index contributed by atoms with van der Waals surface area (Å²) in [7, 11) is 2.09. The molecule has 0 aliphatic carbocycles. The van der Waals surface area contributed by atoms with Gasteiger partial charge in [0.1, 0.15) is 6.10 Å². The van der Waals surface area contributed by atoms with Crippen molar-refractivity contribution in [2.75, 3.05) is 13.6 Å². The van der Waals surface area contributed by atoms with Crippen LogP contribution in [0.3, 0.4) is 0 Å². The van der Waals surface area contributed by atoms with Gasteiger partial charge < -0.3 is 19.7 Å². The number of aliphatic hydroxyl groups excluding tert-OH is 2. The van der Waals surface area contributed by atoms with Crippen LogP contribution in [0.4, 0.5) is 0 Å². The quantitative estimate of drug-likeness (QED) is 0.870. The molecule has 6 heteroatoms. The average molecular weight is 308 g/mol. The van der Waals surface area contributed by atoms with Crippen molar-refractivity contribution in [3.05, 3.63) is 23.9 Å². The fourth-order valence-electron chi connectivity index (χ4n) is 3.29. The summed E-state index contributed by atoms with van der Waals surface area (Å²) in [5.41, 5.74) is 1.01.